The molecule has 0 saturated carbocycles. The van der Waals surface area contributed by atoms with Crippen LogP contribution in [-0.4, -0.2) is 44.0 Å². The Morgan fingerprint density at radius 2 is 1.79 bits per heavy atom. The Bertz CT molecular complexity index is 1380. The van der Waals surface area contributed by atoms with Gasteiger partial charge in [0.05, 0.1) is 12.9 Å². The molecule has 0 atom stereocenters. The van der Waals surface area contributed by atoms with E-state index in [0.29, 0.717) is 11.3 Å². The van der Waals surface area contributed by atoms with Gasteiger partial charge in [-0.05, 0) is 24.3 Å². The van der Waals surface area contributed by atoms with Crippen LogP contribution in [0.15, 0.2) is 76.8 Å². The first-order valence-corrected chi connectivity index (χ1v) is 9.89. The summed E-state index contributed by atoms with van der Waals surface area (Å²) in [4.78, 5) is 50.9. The van der Waals surface area contributed by atoms with Crippen LogP contribution in [0.3, 0.4) is 0 Å². The lowest BCUT2D eigenvalue weighted by atomic mass is 10.2. The van der Waals surface area contributed by atoms with Crippen molar-refractivity contribution in [2.45, 2.75) is 6.54 Å². The number of nitrogens with two attached hydrogens (primary N) is 1. The molecule has 2 amide bonds. The van der Waals surface area contributed by atoms with Crippen LogP contribution < -0.4 is 16.7 Å². The van der Waals surface area contributed by atoms with Gasteiger partial charge in [0.25, 0.3) is 5.91 Å². The molecule has 0 saturated heterocycles. The predicted molar refractivity (Wildman–Crippen MR) is 121 cm³/mol. The molecule has 4 rings (SSSR count). The Morgan fingerprint density at radius 3 is 2.52 bits per heavy atom. The van der Waals surface area contributed by atoms with Gasteiger partial charge in [-0.1, -0.05) is 36.4 Å². The van der Waals surface area contributed by atoms with Crippen LogP contribution in [-0.2, 0) is 11.3 Å². The van der Waals surface area contributed by atoms with Crippen LogP contribution in [0, 0.1) is 0 Å². The SMILES string of the molecule is NC(=NC(=O)c1ccccc1)c1[nH]c(=O)nc2c1ncn2CCOC(=O)Nc1ccccc1. The highest BCUT2D eigenvalue weighted by molar-refractivity contribution is 6.11. The minimum absolute atomic E-state index is 0.00397. The van der Waals surface area contributed by atoms with Gasteiger partial charge in [0, 0.05) is 11.3 Å². The van der Waals surface area contributed by atoms with Crippen LogP contribution in [0.1, 0.15) is 16.1 Å². The highest BCUT2D eigenvalue weighted by Gasteiger charge is 2.16. The molecule has 11 nitrogen and oxygen atoms in total. The molecule has 2 aromatic carbocycles. The van der Waals surface area contributed by atoms with Crippen molar-refractivity contribution in [1.29, 1.82) is 0 Å². The number of nitrogens with one attached hydrogen (secondary N) is 2. The minimum atomic E-state index is -0.688. The van der Waals surface area contributed by atoms with Crippen molar-refractivity contribution >= 4 is 34.7 Å². The molecule has 0 aliphatic heterocycles. The molecular formula is C22H19N7O4. The average molecular weight is 445 g/mol. The lowest BCUT2D eigenvalue weighted by Gasteiger charge is -2.08. The van der Waals surface area contributed by atoms with E-state index in [0.717, 1.165) is 0 Å². The number of rotatable bonds is 6. The summed E-state index contributed by atoms with van der Waals surface area (Å²) in [5.74, 6) is -0.756. The summed E-state index contributed by atoms with van der Waals surface area (Å²) in [6.45, 7) is 0.193. The number of aromatic amines is 1. The monoisotopic (exact) mass is 445 g/mol. The maximum absolute atomic E-state index is 12.3. The molecule has 2 aromatic heterocycles. The third-order valence-corrected chi connectivity index (χ3v) is 4.57. The van der Waals surface area contributed by atoms with Gasteiger partial charge >= 0.3 is 11.8 Å². The first-order chi connectivity index (χ1) is 16.0. The van der Waals surface area contributed by atoms with Crippen LogP contribution in [0.25, 0.3) is 11.2 Å². The second kappa shape index (κ2) is 9.56. The van der Waals surface area contributed by atoms with Gasteiger partial charge in [-0.3, -0.25) is 10.1 Å². The zero-order chi connectivity index (χ0) is 23.2. The molecule has 0 aliphatic carbocycles. The molecular weight excluding hydrogens is 426 g/mol. The van der Waals surface area contributed by atoms with E-state index in [-0.39, 0.29) is 35.8 Å². The third kappa shape index (κ3) is 5.10. The molecule has 0 spiro atoms. The van der Waals surface area contributed by atoms with Crippen LogP contribution in [0.4, 0.5) is 10.5 Å². The number of H-pyrrole nitrogens is 1. The average Bonchev–Trinajstić information content (AvgIpc) is 3.22. The van der Waals surface area contributed by atoms with E-state index in [1.165, 1.54) is 10.9 Å². The van der Waals surface area contributed by atoms with E-state index < -0.39 is 17.7 Å². The summed E-state index contributed by atoms with van der Waals surface area (Å²) >= 11 is 0. The largest absolute Gasteiger partial charge is 0.447 e. The van der Waals surface area contributed by atoms with Crippen molar-refractivity contribution in [3.05, 3.63) is 88.7 Å². The molecule has 4 N–H and O–H groups in total. The fourth-order valence-corrected chi connectivity index (χ4v) is 3.03. The number of anilines is 1. The van der Waals surface area contributed by atoms with Crippen LogP contribution in [0.2, 0.25) is 0 Å². The van der Waals surface area contributed by atoms with E-state index in [9.17, 15) is 14.4 Å². The topological polar surface area (TPSA) is 157 Å². The number of imidazole rings is 1. The van der Waals surface area contributed by atoms with E-state index in [1.807, 2.05) is 6.07 Å². The molecule has 2 heterocycles. The summed E-state index contributed by atoms with van der Waals surface area (Å²) in [5, 5.41) is 2.60. The molecule has 0 aliphatic rings. The van der Waals surface area contributed by atoms with Gasteiger partial charge in [0.2, 0.25) is 0 Å². The van der Waals surface area contributed by atoms with Gasteiger partial charge < -0.3 is 20.0 Å². The number of aliphatic imine (C=N–C) groups is 1. The van der Waals surface area contributed by atoms with Crippen molar-refractivity contribution < 1.29 is 14.3 Å². The number of nitrogens with zero attached hydrogens (tertiary/aromatic N) is 4. The van der Waals surface area contributed by atoms with Gasteiger partial charge in [-0.2, -0.15) is 9.98 Å². The molecule has 0 unspecified atom stereocenters. The number of amides is 2. The maximum Gasteiger partial charge on any atom is 0.411 e. The number of hydrogen-bond acceptors (Lipinski definition) is 6. The summed E-state index contributed by atoms with van der Waals surface area (Å²) in [6.07, 6.45) is 0.812. The normalized spacial score (nSPS) is 11.3. The minimum Gasteiger partial charge on any atom is -0.447 e. The Labute approximate surface area is 187 Å². The summed E-state index contributed by atoms with van der Waals surface area (Å²) < 4.78 is 6.71. The maximum atomic E-state index is 12.3. The molecule has 166 valence electrons. The van der Waals surface area contributed by atoms with Crippen molar-refractivity contribution in [3.63, 3.8) is 0 Å². The van der Waals surface area contributed by atoms with Crippen molar-refractivity contribution in [2.24, 2.45) is 10.7 Å². The molecule has 11 heteroatoms. The number of carbonyl (C=O) groups is 2. The van der Waals surface area contributed by atoms with Crippen molar-refractivity contribution in [2.75, 3.05) is 11.9 Å². The molecule has 0 radical (unpaired) electrons. The van der Waals surface area contributed by atoms with E-state index >= 15 is 0 Å². The highest BCUT2D eigenvalue weighted by Crippen LogP contribution is 2.12. The van der Waals surface area contributed by atoms with E-state index in [1.54, 1.807) is 54.6 Å². The zero-order valence-electron chi connectivity index (χ0n) is 17.3. The second-order valence-corrected chi connectivity index (χ2v) is 6.82. The molecule has 0 fully saturated rings. The number of benzene rings is 2. The fraction of sp³-hybridized carbons (Fsp3) is 0.0909. The molecule has 4 aromatic rings. The van der Waals surface area contributed by atoms with E-state index in [4.69, 9.17) is 10.5 Å². The zero-order valence-corrected chi connectivity index (χ0v) is 17.3. The Morgan fingerprint density at radius 1 is 1.09 bits per heavy atom. The number of amidine groups is 1. The first kappa shape index (κ1) is 21.4. The van der Waals surface area contributed by atoms with Gasteiger partial charge in [0.1, 0.15) is 17.8 Å². The smallest absolute Gasteiger partial charge is 0.411 e. The lowest BCUT2D eigenvalue weighted by Crippen LogP contribution is -2.24. The number of fused-ring (bicyclic) bond motifs is 1. The Hall–Kier alpha value is -4.80. The van der Waals surface area contributed by atoms with Crippen LogP contribution in [0.5, 0.6) is 0 Å². The van der Waals surface area contributed by atoms with Crippen molar-refractivity contribution in [1.82, 2.24) is 19.5 Å². The Kier molecular flexibility index (Phi) is 6.21. The van der Waals surface area contributed by atoms with Crippen molar-refractivity contribution in [3.8, 4) is 0 Å². The second-order valence-electron chi connectivity index (χ2n) is 6.82. The summed E-state index contributed by atoms with van der Waals surface area (Å²) in [5.41, 5.74) is 6.81. The lowest BCUT2D eigenvalue weighted by molar-refractivity contribution is 0.100. The van der Waals surface area contributed by atoms with Crippen LogP contribution >= 0.6 is 0 Å². The molecule has 0 bridgehead atoms. The van der Waals surface area contributed by atoms with Gasteiger partial charge in [-0.15, -0.1) is 0 Å². The number of carbonyl (C=O) groups excluding carboxylic acids is 2. The summed E-state index contributed by atoms with van der Waals surface area (Å²) in [7, 11) is 0. The highest BCUT2D eigenvalue weighted by atomic mass is 16.5. The Balaban J connectivity index is 1.49. The molecule has 33 heavy (non-hydrogen) atoms. The number of para-hydroxylation sites is 1. The van der Waals surface area contributed by atoms with Gasteiger partial charge in [-0.25, -0.2) is 14.6 Å². The predicted octanol–water partition coefficient (Wildman–Crippen LogP) is 1.91. The number of hydrogen-bond donors (Lipinski definition) is 3. The third-order valence-electron chi connectivity index (χ3n) is 4.57. The standard InChI is InChI=1S/C22H19N7O4/c23-18(27-20(30)14-7-3-1-4-8-14)16-17-19(28-21(31)26-16)29(13-24-17)11-12-33-22(32)25-15-9-5-2-6-10-15/h1-10,13H,11-12H2,(H,25,32)(H2,23,27,30)(H,26,28,31). The summed E-state index contributed by atoms with van der Waals surface area (Å²) in [6, 6.07) is 17.3. The number of aromatic nitrogens is 4. The first-order valence-electron chi connectivity index (χ1n) is 9.89. The van der Waals surface area contributed by atoms with E-state index in [2.05, 4.69) is 25.3 Å². The van der Waals surface area contributed by atoms with Gasteiger partial charge in [0.15, 0.2) is 11.5 Å². The fourth-order valence-electron chi connectivity index (χ4n) is 3.03. The quantitative estimate of drug-likeness (QED) is 0.302. The number of ether oxygens (including phenoxy) is 1.